The number of nitro benzene ring substituents is 1. The van der Waals surface area contributed by atoms with Gasteiger partial charge in [-0.2, -0.15) is 28.3 Å². The molecule has 0 bridgehead atoms. The summed E-state index contributed by atoms with van der Waals surface area (Å²) in [7, 11) is -1.32. The monoisotopic (exact) mass is 532 g/mol. The molecular weight excluding hydrogens is 508 g/mol. The molecule has 13 heteroatoms. The fourth-order valence-corrected chi connectivity index (χ4v) is 5.15. The first-order chi connectivity index (χ1) is 18.1. The van der Waals surface area contributed by atoms with Crippen molar-refractivity contribution in [1.82, 2.24) is 19.0 Å². The van der Waals surface area contributed by atoms with E-state index in [1.165, 1.54) is 25.4 Å². The molecule has 4 aromatic rings. The number of hydrazone groups is 1. The number of fused-ring (bicyclic) bond motifs is 1. The van der Waals surface area contributed by atoms with Crippen molar-refractivity contribution in [1.29, 1.82) is 5.26 Å². The van der Waals surface area contributed by atoms with Crippen LogP contribution < -0.4 is 4.90 Å². The normalized spacial score (nSPS) is 11.8. The molecule has 0 radical (unpaired) electrons. The van der Waals surface area contributed by atoms with Crippen LogP contribution in [0.3, 0.4) is 0 Å². The van der Waals surface area contributed by atoms with Crippen molar-refractivity contribution in [2.24, 2.45) is 5.10 Å². The molecule has 0 aliphatic heterocycles. The lowest BCUT2D eigenvalue weighted by atomic mass is 10.1. The first-order valence-corrected chi connectivity index (χ1v) is 12.9. The zero-order valence-corrected chi connectivity index (χ0v) is 21.7. The Morgan fingerprint density at radius 3 is 2.68 bits per heavy atom. The zero-order chi connectivity index (χ0) is 27.4. The molecule has 0 amide bonds. The van der Waals surface area contributed by atoms with Gasteiger partial charge in [0.15, 0.2) is 0 Å². The van der Waals surface area contributed by atoms with E-state index in [4.69, 9.17) is 0 Å². The summed E-state index contributed by atoms with van der Waals surface area (Å²) >= 11 is 0. The highest BCUT2D eigenvalue weighted by Crippen LogP contribution is 2.31. The molecule has 0 N–H and O–H groups in total. The molecular formula is C25H24N8O4S. The third-order valence-corrected chi connectivity index (χ3v) is 7.61. The molecule has 38 heavy (non-hydrogen) atoms. The number of likely N-dealkylation sites (N-methyl/N-ethyl adjacent to an activating group) is 1. The van der Waals surface area contributed by atoms with Gasteiger partial charge in [-0.05, 0) is 37.3 Å². The zero-order valence-electron chi connectivity index (χ0n) is 20.9. The van der Waals surface area contributed by atoms with Crippen LogP contribution in [0.1, 0.15) is 23.7 Å². The van der Waals surface area contributed by atoms with Crippen LogP contribution in [0.15, 0.2) is 77.1 Å². The van der Waals surface area contributed by atoms with Gasteiger partial charge in [-0.25, -0.2) is 4.52 Å². The van der Waals surface area contributed by atoms with Crippen LogP contribution in [-0.4, -0.2) is 58.7 Å². The van der Waals surface area contributed by atoms with Gasteiger partial charge in [0, 0.05) is 62.8 Å². The maximum Gasteiger partial charge on any atom is 0.281 e. The predicted molar refractivity (Wildman–Crippen MR) is 141 cm³/mol. The smallest absolute Gasteiger partial charge is 0.281 e. The summed E-state index contributed by atoms with van der Waals surface area (Å²) in [5, 5.41) is 29.2. The second-order valence-corrected chi connectivity index (χ2v) is 10.4. The fourth-order valence-electron chi connectivity index (χ4n) is 3.88. The van der Waals surface area contributed by atoms with Crippen LogP contribution in [0.2, 0.25) is 0 Å². The van der Waals surface area contributed by atoms with E-state index in [0.29, 0.717) is 41.0 Å². The summed E-state index contributed by atoms with van der Waals surface area (Å²) in [6, 6.07) is 14.6. The second kappa shape index (κ2) is 10.7. The van der Waals surface area contributed by atoms with Crippen LogP contribution >= 0.6 is 0 Å². The van der Waals surface area contributed by atoms with Gasteiger partial charge in [-0.3, -0.25) is 15.1 Å². The van der Waals surface area contributed by atoms with Gasteiger partial charge in [0.1, 0.15) is 4.90 Å². The Bertz CT molecular complexity index is 1680. The Hall–Kier alpha value is -4.83. The van der Waals surface area contributed by atoms with Crippen molar-refractivity contribution < 1.29 is 13.3 Å². The van der Waals surface area contributed by atoms with E-state index in [1.807, 2.05) is 18.2 Å². The maximum absolute atomic E-state index is 13.7. The first-order valence-electron chi connectivity index (χ1n) is 11.4. The largest absolute Gasteiger partial charge is 0.373 e. The Balaban J connectivity index is 1.70. The van der Waals surface area contributed by atoms with Crippen molar-refractivity contribution in [3.8, 4) is 6.07 Å². The molecule has 3 aromatic heterocycles. The van der Waals surface area contributed by atoms with E-state index in [0.717, 1.165) is 16.2 Å². The van der Waals surface area contributed by atoms with Gasteiger partial charge >= 0.3 is 0 Å². The molecule has 194 valence electrons. The second-order valence-electron chi connectivity index (χ2n) is 8.44. The van der Waals surface area contributed by atoms with Crippen LogP contribution in [0.4, 0.5) is 11.4 Å². The Kier molecular flexibility index (Phi) is 7.35. The van der Waals surface area contributed by atoms with E-state index >= 15 is 0 Å². The van der Waals surface area contributed by atoms with Crippen molar-refractivity contribution in [2.75, 3.05) is 25.5 Å². The van der Waals surface area contributed by atoms with Crippen molar-refractivity contribution in [3.05, 3.63) is 94.1 Å². The highest BCUT2D eigenvalue weighted by atomic mass is 32.2. The number of nitrogens with zero attached hydrogens (tertiary/aromatic N) is 8. The number of hydrogen-bond donors (Lipinski definition) is 0. The maximum atomic E-state index is 13.7. The SMILES string of the molecule is CC(=NN(C)S(=O)(=O)c1cc([N+](=O)[O-])ccc1N(C)CCc1ccccn1)c1cnn2ccc(C#N)cc12. The molecule has 0 aliphatic rings. The number of hydrogen-bond acceptors (Lipinski definition) is 9. The highest BCUT2D eigenvalue weighted by Gasteiger charge is 2.28. The van der Waals surface area contributed by atoms with Gasteiger partial charge in [-0.1, -0.05) is 6.07 Å². The van der Waals surface area contributed by atoms with E-state index in [-0.39, 0.29) is 10.6 Å². The summed E-state index contributed by atoms with van der Waals surface area (Å²) in [5.74, 6) is 0. The molecule has 1 aromatic carbocycles. The van der Waals surface area contributed by atoms with Crippen LogP contribution in [0.25, 0.3) is 5.52 Å². The summed E-state index contributed by atoms with van der Waals surface area (Å²) < 4.78 is 29.7. The van der Waals surface area contributed by atoms with E-state index < -0.39 is 14.9 Å². The lowest BCUT2D eigenvalue weighted by Gasteiger charge is -2.24. The summed E-state index contributed by atoms with van der Waals surface area (Å²) in [4.78, 5) is 16.6. The van der Waals surface area contributed by atoms with Crippen LogP contribution in [0.5, 0.6) is 0 Å². The predicted octanol–water partition coefficient (Wildman–Crippen LogP) is 3.23. The minimum absolute atomic E-state index is 0.249. The standard InChI is InChI=1S/C25H24N8O4S/c1-18(22-17-28-32-13-9-19(16-26)14-24(22)32)29-31(3)38(36,37)25-15-21(33(34)35)7-8-23(25)30(2)12-10-20-6-4-5-11-27-20/h4-9,11,13-15,17H,10,12H2,1-3H3. The lowest BCUT2D eigenvalue weighted by molar-refractivity contribution is -0.385. The Labute approximate surface area is 219 Å². The van der Waals surface area contributed by atoms with Crippen molar-refractivity contribution in [2.45, 2.75) is 18.2 Å². The molecule has 4 rings (SSSR count). The minimum Gasteiger partial charge on any atom is -0.373 e. The molecule has 0 fully saturated rings. The van der Waals surface area contributed by atoms with Crippen molar-refractivity contribution >= 4 is 32.6 Å². The number of nitro groups is 1. The Morgan fingerprint density at radius 2 is 2.00 bits per heavy atom. The highest BCUT2D eigenvalue weighted by molar-refractivity contribution is 7.89. The summed E-state index contributed by atoms with van der Waals surface area (Å²) in [5.41, 5.74) is 2.64. The molecule has 0 spiro atoms. The number of rotatable bonds is 9. The molecule has 0 atom stereocenters. The van der Waals surface area contributed by atoms with E-state index in [1.54, 1.807) is 47.9 Å². The molecule has 0 saturated heterocycles. The molecule has 3 heterocycles. The van der Waals surface area contributed by atoms with Gasteiger partial charge < -0.3 is 4.90 Å². The van der Waals surface area contributed by atoms with E-state index in [2.05, 4.69) is 21.3 Å². The quantitative estimate of drug-likeness (QED) is 0.181. The van der Waals surface area contributed by atoms with Crippen LogP contribution in [-0.2, 0) is 16.4 Å². The number of benzene rings is 1. The minimum atomic E-state index is -4.30. The van der Waals surface area contributed by atoms with Gasteiger partial charge in [0.2, 0.25) is 0 Å². The number of nitriles is 1. The first kappa shape index (κ1) is 26.2. The van der Waals surface area contributed by atoms with Gasteiger partial charge in [0.25, 0.3) is 15.7 Å². The molecule has 0 saturated carbocycles. The Morgan fingerprint density at radius 1 is 1.21 bits per heavy atom. The van der Waals surface area contributed by atoms with Crippen LogP contribution in [0, 0.1) is 21.4 Å². The number of sulfonamides is 1. The number of non-ortho nitro benzene ring substituents is 1. The number of anilines is 1. The molecule has 0 unspecified atom stereocenters. The lowest BCUT2D eigenvalue weighted by Crippen LogP contribution is -2.28. The third kappa shape index (κ3) is 5.30. The number of aromatic nitrogens is 3. The van der Waals surface area contributed by atoms with E-state index in [9.17, 15) is 23.8 Å². The van der Waals surface area contributed by atoms with Gasteiger partial charge in [0.05, 0.1) is 39.7 Å². The third-order valence-electron chi connectivity index (χ3n) is 5.95. The summed E-state index contributed by atoms with van der Waals surface area (Å²) in [6.07, 6.45) is 5.37. The fraction of sp³-hybridized carbons (Fsp3) is 0.200. The summed E-state index contributed by atoms with van der Waals surface area (Å²) in [6.45, 7) is 2.04. The van der Waals surface area contributed by atoms with Gasteiger partial charge in [-0.15, -0.1) is 0 Å². The average molecular weight is 533 g/mol. The number of pyridine rings is 2. The topological polar surface area (TPSA) is 150 Å². The average Bonchev–Trinajstić information content (AvgIpc) is 3.35. The molecule has 0 aliphatic carbocycles. The van der Waals surface area contributed by atoms with Crippen molar-refractivity contribution in [3.63, 3.8) is 0 Å². The molecule has 12 nitrogen and oxygen atoms in total.